The van der Waals surface area contributed by atoms with Gasteiger partial charge in [0, 0.05) is 48.6 Å². The number of anilines is 1. The molecule has 0 saturated heterocycles. The predicted molar refractivity (Wildman–Crippen MR) is 245 cm³/mol. The number of aliphatic hydroxyl groups is 2. The maximum atomic E-state index is 14.0. The number of ketones is 1. The first-order valence-corrected chi connectivity index (χ1v) is 22.3. The minimum atomic E-state index is -1.74. The van der Waals surface area contributed by atoms with Crippen LogP contribution in [-0.2, 0) is 35.2 Å². The Hall–Kier alpha value is -6.59. The Morgan fingerprint density at radius 3 is 1.97 bits per heavy atom. The number of carboxylic acid groups (broad SMARTS) is 2. The summed E-state index contributed by atoms with van der Waals surface area (Å²) in [5.74, 6) is -5.36. The molecule has 1 fully saturated rings. The van der Waals surface area contributed by atoms with Gasteiger partial charge in [0.1, 0.15) is 17.7 Å². The largest absolute Gasteiger partial charge is 0.465 e. The van der Waals surface area contributed by atoms with Crippen molar-refractivity contribution in [3.63, 3.8) is 0 Å². The minimum Gasteiger partial charge on any atom is -0.465 e. The number of hydrogen-bond donors (Lipinski definition) is 12. The van der Waals surface area contributed by atoms with Crippen LogP contribution in [0.5, 0.6) is 0 Å². The molecule has 0 bridgehead atoms. The third kappa shape index (κ3) is 11.9. The highest BCUT2D eigenvalue weighted by Crippen LogP contribution is 2.67. The number of likely N-dealkylation sites (N-methyl/N-ethyl adjacent to an activating group) is 2. The van der Waals surface area contributed by atoms with E-state index in [-0.39, 0.29) is 43.6 Å². The van der Waals surface area contributed by atoms with Crippen LogP contribution in [0.2, 0.25) is 0 Å². The van der Waals surface area contributed by atoms with Crippen molar-refractivity contribution in [3.8, 4) is 0 Å². The Labute approximate surface area is 393 Å². The number of urea groups is 1. The Morgan fingerprint density at radius 2 is 1.44 bits per heavy atom. The summed E-state index contributed by atoms with van der Waals surface area (Å²) >= 11 is 0. The summed E-state index contributed by atoms with van der Waals surface area (Å²) < 4.78 is 0. The summed E-state index contributed by atoms with van der Waals surface area (Å²) in [4.78, 5) is 117. The fourth-order valence-corrected chi connectivity index (χ4v) is 9.37. The van der Waals surface area contributed by atoms with Crippen LogP contribution in [0.25, 0.3) is 0 Å². The molecule has 0 aliphatic heterocycles. The first-order valence-electron chi connectivity index (χ1n) is 22.3. The third-order valence-electron chi connectivity index (χ3n) is 13.5. The van der Waals surface area contributed by atoms with Crippen molar-refractivity contribution in [2.24, 2.45) is 34.1 Å². The molecule has 0 aromatic heterocycles. The lowest BCUT2D eigenvalue weighted by molar-refractivity contribution is -0.138. The molecule has 0 radical (unpaired) electrons. The van der Waals surface area contributed by atoms with Crippen molar-refractivity contribution in [3.05, 3.63) is 52.6 Å². The second-order valence-corrected chi connectivity index (χ2v) is 18.5. The number of Topliss-reactive ketones (excluding diaryl/α,β-unsaturated/α-hetero) is 1. The maximum Gasteiger partial charge on any atom is 0.407 e. The summed E-state index contributed by atoms with van der Waals surface area (Å²) in [5, 5.41) is 58.4. The molecular weight excluding hydrogens is 889 g/mol. The van der Waals surface area contributed by atoms with Gasteiger partial charge >= 0.3 is 18.2 Å². The van der Waals surface area contributed by atoms with Crippen molar-refractivity contribution in [2.45, 2.75) is 96.5 Å². The Bertz CT molecular complexity index is 2210. The maximum absolute atomic E-state index is 14.0. The highest BCUT2D eigenvalue weighted by molar-refractivity contribution is 6.09. The average molecular weight is 955 g/mol. The van der Waals surface area contributed by atoms with Crippen molar-refractivity contribution in [2.75, 3.05) is 52.2 Å². The number of primary amides is 1. The second kappa shape index (κ2) is 22.0. The molecule has 1 saturated carbocycles. The van der Waals surface area contributed by atoms with Gasteiger partial charge in [-0.15, -0.1) is 0 Å². The van der Waals surface area contributed by atoms with Gasteiger partial charge in [-0.05, 0) is 75.1 Å². The van der Waals surface area contributed by atoms with E-state index in [4.69, 9.17) is 11.5 Å². The van der Waals surface area contributed by atoms with Gasteiger partial charge in [0.2, 0.25) is 29.5 Å². The number of carbonyl (C=O) groups is 9. The van der Waals surface area contributed by atoms with Gasteiger partial charge in [-0.25, -0.2) is 14.4 Å². The lowest BCUT2D eigenvalue weighted by Gasteiger charge is -2.48. The monoisotopic (exact) mass is 954 g/mol. The van der Waals surface area contributed by atoms with Crippen molar-refractivity contribution >= 4 is 59.2 Å². The highest BCUT2D eigenvalue weighted by Gasteiger charge is 2.67. The van der Waals surface area contributed by atoms with E-state index in [2.05, 4.69) is 31.9 Å². The molecule has 1 aromatic rings. The van der Waals surface area contributed by atoms with E-state index in [1.807, 2.05) is 0 Å². The molecule has 1 aromatic carbocycles. The molecule has 0 heterocycles. The Kier molecular flexibility index (Phi) is 17.5. The summed E-state index contributed by atoms with van der Waals surface area (Å²) in [7, 11) is 2.61. The van der Waals surface area contributed by atoms with Crippen molar-refractivity contribution in [1.82, 2.24) is 36.4 Å². The molecule has 1 spiro atoms. The SMILES string of the molecule is CC1=C2C(=C[C@](C)(CO)[C@@H]2C(C(Cc2ccc(NC(=O)[C@H](CCCNC(N)=O)NC(=O)[C@@H](NC(=O)CNC(=O)CNC(=O)CN)C(C)C)cc2)N(C)C(=O)O)N(C)C(=O)O)C(=O)[C@](C)(O)C12CC2. The third-order valence-corrected chi connectivity index (χ3v) is 13.5. The summed E-state index contributed by atoms with van der Waals surface area (Å²) in [6.45, 7) is 6.49. The van der Waals surface area contributed by atoms with E-state index >= 15 is 0 Å². The van der Waals surface area contributed by atoms with Crippen LogP contribution in [0, 0.1) is 22.7 Å². The van der Waals surface area contributed by atoms with Crippen LogP contribution >= 0.6 is 0 Å². The van der Waals surface area contributed by atoms with Crippen molar-refractivity contribution < 1.29 is 63.6 Å². The quantitative estimate of drug-likeness (QED) is 0.0645. The molecule has 7 atom stereocenters. The zero-order valence-corrected chi connectivity index (χ0v) is 39.4. The van der Waals surface area contributed by atoms with E-state index in [0.717, 1.165) is 9.80 Å². The number of nitrogens with zero attached hydrogens (tertiary/aromatic N) is 2. The molecule has 23 nitrogen and oxygen atoms in total. The zero-order valence-electron chi connectivity index (χ0n) is 39.4. The molecule has 23 heteroatoms. The number of nitrogens with one attached hydrogen (secondary N) is 6. The lowest BCUT2D eigenvalue weighted by Crippen LogP contribution is -2.60. The number of hydrogen-bond acceptors (Lipinski definition) is 12. The standard InChI is InChI=1S/C45H66N10O13/c1-23(2)35(53-32(59)21-50-31(58)20-49-30(57)19-46)39(62)52-28(9-8-16-48-40(47)63)38(61)51-26-12-10-25(11-13-26)17-29(54(6)41(64)65)36(55(7)42(66)67)34-33-24(3)45(14-15-45)44(5,68)37(60)27(33)18-43(34,4)22-56/h10-13,18,23,28-29,34-36,56,68H,8-9,14-17,19-22,46H2,1-7H3,(H,49,57)(H,50,58)(H,51,61)(H,52,62)(H,53,59)(H,64,65)(H,66,67)(H3,47,48,63)/t28-,29?,34-,35-,36?,43+,44-/m0/s1. The van der Waals surface area contributed by atoms with E-state index in [1.54, 1.807) is 45.9 Å². The van der Waals surface area contributed by atoms with Gasteiger partial charge in [-0.1, -0.05) is 44.6 Å². The number of amides is 9. The zero-order chi connectivity index (χ0) is 51.1. The van der Waals surface area contributed by atoms with E-state index in [1.165, 1.54) is 33.2 Å². The van der Waals surface area contributed by atoms with Crippen LogP contribution in [0.4, 0.5) is 20.1 Å². The number of nitrogens with two attached hydrogens (primary N) is 2. The van der Waals surface area contributed by atoms with Gasteiger partial charge < -0.3 is 73.6 Å². The lowest BCUT2D eigenvalue weighted by atomic mass is 9.63. The summed E-state index contributed by atoms with van der Waals surface area (Å²) in [6, 6.07) is 0.783. The van der Waals surface area contributed by atoms with Crippen LogP contribution < -0.4 is 43.4 Å². The van der Waals surface area contributed by atoms with Crippen LogP contribution in [0.3, 0.4) is 0 Å². The van der Waals surface area contributed by atoms with Crippen molar-refractivity contribution in [1.29, 1.82) is 0 Å². The summed E-state index contributed by atoms with van der Waals surface area (Å²) in [6.07, 6.45) is -0.0412. The van der Waals surface area contributed by atoms with Gasteiger partial charge in [-0.2, -0.15) is 0 Å². The molecule has 3 aliphatic rings. The molecule has 3 aliphatic carbocycles. The normalized spacial score (nSPS) is 21.8. The minimum absolute atomic E-state index is 0.00559. The number of rotatable bonds is 22. The fourth-order valence-electron chi connectivity index (χ4n) is 9.37. The molecular formula is C45H66N10O13. The van der Waals surface area contributed by atoms with Crippen LogP contribution in [0.15, 0.2) is 47.1 Å². The molecule has 374 valence electrons. The fraction of sp³-hybridized carbons (Fsp3) is 0.578. The highest BCUT2D eigenvalue weighted by atomic mass is 16.4. The molecule has 68 heavy (non-hydrogen) atoms. The van der Waals surface area contributed by atoms with Crippen LogP contribution in [0.1, 0.15) is 65.9 Å². The van der Waals surface area contributed by atoms with Gasteiger partial charge in [-0.3, -0.25) is 28.8 Å². The topological polar surface area (TPSA) is 365 Å². The first-order chi connectivity index (χ1) is 31.8. The number of aliphatic hydroxyl groups excluding tert-OH is 1. The molecule has 2 unspecified atom stereocenters. The van der Waals surface area contributed by atoms with E-state index in [0.29, 0.717) is 29.6 Å². The van der Waals surface area contributed by atoms with Crippen LogP contribution in [-0.4, -0.2) is 160 Å². The molecule has 4 rings (SSSR count). The van der Waals surface area contributed by atoms with Gasteiger partial charge in [0.05, 0.1) is 38.3 Å². The van der Waals surface area contributed by atoms with Gasteiger partial charge in [0.25, 0.3) is 0 Å². The first kappa shape index (κ1) is 54.0. The van der Waals surface area contributed by atoms with Gasteiger partial charge in [0.15, 0.2) is 5.78 Å². The second-order valence-electron chi connectivity index (χ2n) is 18.5. The summed E-state index contributed by atoms with van der Waals surface area (Å²) in [5.41, 5.74) is 8.62. The predicted octanol–water partition coefficient (Wildman–Crippen LogP) is -0.625. The average Bonchev–Trinajstić information content (AvgIpc) is 4.05. The smallest absolute Gasteiger partial charge is 0.407 e. The number of benzene rings is 1. The number of fused-ring (bicyclic) bond motifs is 1. The van der Waals surface area contributed by atoms with E-state index in [9.17, 15) is 63.6 Å². The number of carbonyl (C=O) groups excluding carboxylic acids is 7. The van der Waals surface area contributed by atoms with E-state index < -0.39 is 126 Å². The molecule has 9 amide bonds. The molecule has 14 N–H and O–H groups in total. The Morgan fingerprint density at radius 1 is 0.853 bits per heavy atom. The Balaban J connectivity index is 1.59.